The molecule has 1 fully saturated rings. The highest BCUT2D eigenvalue weighted by Gasteiger charge is 2.30. The number of benzene rings is 1. The zero-order valence-electron chi connectivity index (χ0n) is 15.7. The van der Waals surface area contributed by atoms with E-state index in [4.69, 9.17) is 0 Å². The monoisotopic (exact) mass is 385 g/mol. The van der Waals surface area contributed by atoms with Gasteiger partial charge in [0.1, 0.15) is 11.6 Å². The van der Waals surface area contributed by atoms with Crippen LogP contribution >= 0.6 is 0 Å². The molecule has 148 valence electrons. The molecule has 1 saturated heterocycles. The second-order valence-electron chi connectivity index (χ2n) is 7.50. The normalized spacial score (nSPS) is 19.4. The number of piperidine rings is 1. The summed E-state index contributed by atoms with van der Waals surface area (Å²) in [5.74, 6) is 1.10. The van der Waals surface area contributed by atoms with Crippen molar-refractivity contribution in [3.05, 3.63) is 47.3 Å². The summed E-state index contributed by atoms with van der Waals surface area (Å²) in [4.78, 5) is 26.5. The van der Waals surface area contributed by atoms with Crippen LogP contribution in [0, 0.1) is 11.7 Å². The highest BCUT2D eigenvalue weighted by atomic mass is 19.1. The van der Waals surface area contributed by atoms with E-state index in [2.05, 4.69) is 20.1 Å². The number of halogens is 1. The lowest BCUT2D eigenvalue weighted by molar-refractivity contribution is -0.139. The van der Waals surface area contributed by atoms with Crippen LogP contribution in [0.2, 0.25) is 0 Å². The minimum atomic E-state index is -0.326. The number of likely N-dealkylation sites (tertiary alicyclic amines) is 1. The Morgan fingerprint density at radius 1 is 1.25 bits per heavy atom. The summed E-state index contributed by atoms with van der Waals surface area (Å²) in [6.45, 7) is 1.91. The quantitative estimate of drug-likeness (QED) is 0.851. The predicted molar refractivity (Wildman–Crippen MR) is 99.3 cm³/mol. The molecule has 28 heavy (non-hydrogen) atoms. The Kier molecular flexibility index (Phi) is 5.36. The molecule has 1 aromatic carbocycles. The largest absolute Gasteiger partial charge is 0.348 e. The van der Waals surface area contributed by atoms with Gasteiger partial charge in [0.2, 0.25) is 11.8 Å². The third-order valence-electron chi connectivity index (χ3n) is 5.49. The molecule has 0 unspecified atom stereocenters. The lowest BCUT2D eigenvalue weighted by Gasteiger charge is -2.32. The van der Waals surface area contributed by atoms with Crippen LogP contribution in [0.3, 0.4) is 0 Å². The molecule has 1 atom stereocenters. The zero-order valence-corrected chi connectivity index (χ0v) is 15.7. The molecular formula is C20H24FN5O2. The first-order chi connectivity index (χ1) is 13.6. The van der Waals surface area contributed by atoms with Gasteiger partial charge in [-0.15, -0.1) is 10.2 Å². The van der Waals surface area contributed by atoms with E-state index in [1.165, 1.54) is 12.1 Å². The Morgan fingerprint density at radius 2 is 2.14 bits per heavy atom. The molecular weight excluding hydrogens is 361 g/mol. The summed E-state index contributed by atoms with van der Waals surface area (Å²) in [5.41, 5.74) is 0.726. The van der Waals surface area contributed by atoms with Crippen molar-refractivity contribution < 1.29 is 14.0 Å². The van der Waals surface area contributed by atoms with E-state index >= 15 is 0 Å². The van der Waals surface area contributed by atoms with Crippen LogP contribution in [0.1, 0.15) is 42.9 Å². The SMILES string of the molecule is O=C(NCc1nnc2n1CCCC2)[C@@H]1CCC(=O)N(Cc2cccc(F)c2)C1. The summed E-state index contributed by atoms with van der Waals surface area (Å²) >= 11 is 0. The number of rotatable bonds is 5. The van der Waals surface area contributed by atoms with Gasteiger partial charge in [-0.2, -0.15) is 0 Å². The standard InChI is InChI=1S/C20H24FN5O2/c21-16-5-3-4-14(10-16)12-25-13-15(7-8-19(25)27)20(28)22-11-18-24-23-17-6-1-2-9-26(17)18/h3-5,10,15H,1-2,6-9,11-13H2,(H,22,28)/t15-/m1/s1. The zero-order chi connectivity index (χ0) is 19.5. The van der Waals surface area contributed by atoms with Crippen LogP contribution in [0.25, 0.3) is 0 Å². The molecule has 3 heterocycles. The summed E-state index contributed by atoms with van der Waals surface area (Å²) < 4.78 is 15.5. The van der Waals surface area contributed by atoms with Crippen molar-refractivity contribution in [3.8, 4) is 0 Å². The van der Waals surface area contributed by atoms with Crippen LogP contribution in [-0.4, -0.2) is 38.0 Å². The van der Waals surface area contributed by atoms with E-state index in [-0.39, 0.29) is 23.5 Å². The summed E-state index contributed by atoms with van der Waals surface area (Å²) in [7, 11) is 0. The molecule has 0 aliphatic carbocycles. The first kappa shape index (κ1) is 18.6. The van der Waals surface area contributed by atoms with Crippen molar-refractivity contribution >= 4 is 11.8 Å². The second-order valence-corrected chi connectivity index (χ2v) is 7.50. The van der Waals surface area contributed by atoms with Gasteiger partial charge < -0.3 is 14.8 Å². The second kappa shape index (κ2) is 8.08. The number of nitrogens with one attached hydrogen (secondary N) is 1. The van der Waals surface area contributed by atoms with Gasteiger partial charge in [0, 0.05) is 32.5 Å². The molecule has 4 rings (SSSR count). The van der Waals surface area contributed by atoms with Gasteiger partial charge in [-0.05, 0) is 37.0 Å². The molecule has 0 spiro atoms. The maximum atomic E-state index is 13.4. The number of nitrogens with zero attached hydrogens (tertiary/aromatic N) is 4. The van der Waals surface area contributed by atoms with E-state index < -0.39 is 0 Å². The molecule has 1 aromatic heterocycles. The maximum Gasteiger partial charge on any atom is 0.225 e. The third kappa shape index (κ3) is 4.05. The number of hydrogen-bond acceptors (Lipinski definition) is 4. The first-order valence-corrected chi connectivity index (χ1v) is 9.81. The van der Waals surface area contributed by atoms with Gasteiger partial charge in [-0.1, -0.05) is 12.1 Å². The highest BCUT2D eigenvalue weighted by molar-refractivity contribution is 5.83. The Morgan fingerprint density at radius 3 is 3.00 bits per heavy atom. The Balaban J connectivity index is 1.35. The number of aromatic nitrogens is 3. The van der Waals surface area contributed by atoms with Gasteiger partial charge in [0.25, 0.3) is 0 Å². The molecule has 2 aliphatic heterocycles. The molecule has 7 nitrogen and oxygen atoms in total. The van der Waals surface area contributed by atoms with Crippen molar-refractivity contribution in [1.29, 1.82) is 0 Å². The molecule has 8 heteroatoms. The summed E-state index contributed by atoms with van der Waals surface area (Å²) in [5, 5.41) is 11.4. The third-order valence-corrected chi connectivity index (χ3v) is 5.49. The van der Waals surface area contributed by atoms with Crippen LogP contribution in [-0.2, 0) is 35.6 Å². The van der Waals surface area contributed by atoms with Gasteiger partial charge >= 0.3 is 0 Å². The number of carbonyl (C=O) groups is 2. The van der Waals surface area contributed by atoms with Crippen LogP contribution < -0.4 is 5.32 Å². The lowest BCUT2D eigenvalue weighted by Crippen LogP contribution is -2.45. The number of hydrogen-bond donors (Lipinski definition) is 1. The van der Waals surface area contributed by atoms with Crippen molar-refractivity contribution in [2.24, 2.45) is 5.92 Å². The molecule has 0 saturated carbocycles. The van der Waals surface area contributed by atoms with E-state index in [0.717, 1.165) is 43.0 Å². The smallest absolute Gasteiger partial charge is 0.225 e. The van der Waals surface area contributed by atoms with E-state index in [1.807, 2.05) is 0 Å². The fraction of sp³-hybridized carbons (Fsp3) is 0.500. The Hall–Kier alpha value is -2.77. The molecule has 1 N–H and O–H groups in total. The minimum Gasteiger partial charge on any atom is -0.348 e. The molecule has 2 amide bonds. The minimum absolute atomic E-state index is 0.000150. The molecule has 0 radical (unpaired) electrons. The number of amides is 2. The fourth-order valence-electron chi connectivity index (χ4n) is 3.95. The molecule has 2 aliphatic rings. The van der Waals surface area contributed by atoms with Crippen LogP contribution in [0.4, 0.5) is 4.39 Å². The molecule has 0 bridgehead atoms. The van der Waals surface area contributed by atoms with Crippen molar-refractivity contribution in [3.63, 3.8) is 0 Å². The van der Waals surface area contributed by atoms with E-state index in [1.54, 1.807) is 17.0 Å². The number of carbonyl (C=O) groups excluding carboxylic acids is 2. The Bertz CT molecular complexity index is 881. The summed E-state index contributed by atoms with van der Waals surface area (Å²) in [6, 6.07) is 6.21. The van der Waals surface area contributed by atoms with Gasteiger partial charge in [0.05, 0.1) is 12.5 Å². The number of fused-ring (bicyclic) bond motifs is 1. The van der Waals surface area contributed by atoms with Crippen LogP contribution in [0.5, 0.6) is 0 Å². The Labute approximate surface area is 162 Å². The van der Waals surface area contributed by atoms with Gasteiger partial charge in [-0.25, -0.2) is 4.39 Å². The fourth-order valence-corrected chi connectivity index (χ4v) is 3.95. The average Bonchev–Trinajstić information content (AvgIpc) is 3.11. The van der Waals surface area contributed by atoms with E-state index in [0.29, 0.717) is 32.5 Å². The first-order valence-electron chi connectivity index (χ1n) is 9.81. The van der Waals surface area contributed by atoms with E-state index in [9.17, 15) is 14.0 Å². The predicted octanol–water partition coefficient (Wildman–Crippen LogP) is 1.81. The van der Waals surface area contributed by atoms with Crippen molar-refractivity contribution in [2.75, 3.05) is 6.54 Å². The van der Waals surface area contributed by atoms with Crippen LogP contribution in [0.15, 0.2) is 24.3 Å². The lowest BCUT2D eigenvalue weighted by atomic mass is 9.96. The summed E-state index contributed by atoms with van der Waals surface area (Å²) in [6.07, 6.45) is 4.02. The number of aryl methyl sites for hydroxylation is 1. The topological polar surface area (TPSA) is 80.1 Å². The molecule has 2 aromatic rings. The van der Waals surface area contributed by atoms with Gasteiger partial charge in [0.15, 0.2) is 5.82 Å². The van der Waals surface area contributed by atoms with Gasteiger partial charge in [-0.3, -0.25) is 9.59 Å². The maximum absolute atomic E-state index is 13.4. The highest BCUT2D eigenvalue weighted by Crippen LogP contribution is 2.21. The average molecular weight is 385 g/mol. The van der Waals surface area contributed by atoms with Crippen molar-refractivity contribution in [1.82, 2.24) is 25.0 Å². The van der Waals surface area contributed by atoms with Crippen molar-refractivity contribution in [2.45, 2.75) is 51.7 Å².